The van der Waals surface area contributed by atoms with Crippen molar-refractivity contribution in [2.75, 3.05) is 45.5 Å². The molecule has 5 nitrogen and oxygen atoms in total. The number of piperazine rings is 1. The number of nitrogens with two attached hydrogens (primary N) is 1. The highest BCUT2D eigenvalue weighted by Crippen LogP contribution is 2.02. The second-order valence-corrected chi connectivity index (χ2v) is 4.29. The van der Waals surface area contributed by atoms with Gasteiger partial charge in [0, 0.05) is 45.3 Å². The van der Waals surface area contributed by atoms with Gasteiger partial charge in [0.2, 0.25) is 0 Å². The summed E-state index contributed by atoms with van der Waals surface area (Å²) in [5, 5.41) is 0. The topological polar surface area (TPSA) is 58.3 Å². The number of hydrogen-bond acceptors (Lipinski definition) is 5. The van der Waals surface area contributed by atoms with Crippen molar-refractivity contribution in [3.63, 3.8) is 0 Å². The van der Waals surface area contributed by atoms with Gasteiger partial charge in [0.05, 0.1) is 0 Å². The fourth-order valence-corrected chi connectivity index (χ4v) is 1.86. The lowest BCUT2D eigenvalue weighted by Crippen LogP contribution is -2.45. The average Bonchev–Trinajstić information content (AvgIpc) is 2.28. The molecule has 1 aromatic heterocycles. The molecule has 88 valence electrons. The van der Waals surface area contributed by atoms with Crippen molar-refractivity contribution >= 4 is 5.82 Å². The molecule has 0 atom stereocenters. The molecule has 0 bridgehead atoms. The smallest absolute Gasteiger partial charge is 0.131 e. The van der Waals surface area contributed by atoms with Crippen molar-refractivity contribution < 1.29 is 0 Å². The first-order valence-electron chi connectivity index (χ1n) is 5.72. The third kappa shape index (κ3) is 3.15. The third-order valence-corrected chi connectivity index (χ3v) is 2.97. The molecule has 1 saturated heterocycles. The van der Waals surface area contributed by atoms with Crippen LogP contribution in [0.5, 0.6) is 0 Å². The van der Waals surface area contributed by atoms with Crippen LogP contribution in [0.1, 0.15) is 5.82 Å². The molecule has 0 spiro atoms. The largest absolute Gasteiger partial charge is 0.384 e. The van der Waals surface area contributed by atoms with Gasteiger partial charge >= 0.3 is 0 Å². The van der Waals surface area contributed by atoms with E-state index < -0.39 is 0 Å². The number of likely N-dealkylation sites (N-methyl/N-ethyl adjacent to an activating group) is 1. The Kier molecular flexibility index (Phi) is 3.69. The predicted octanol–water partition coefficient (Wildman–Crippen LogP) is -0.151. The fraction of sp³-hybridized carbons (Fsp3) is 0.636. The maximum Gasteiger partial charge on any atom is 0.131 e. The van der Waals surface area contributed by atoms with Crippen LogP contribution >= 0.6 is 0 Å². The van der Waals surface area contributed by atoms with E-state index in [9.17, 15) is 0 Å². The molecule has 5 heteroatoms. The van der Waals surface area contributed by atoms with E-state index in [1.165, 1.54) is 0 Å². The minimum absolute atomic E-state index is 0.559. The van der Waals surface area contributed by atoms with Crippen molar-refractivity contribution in [2.45, 2.75) is 6.42 Å². The summed E-state index contributed by atoms with van der Waals surface area (Å²) in [6.07, 6.45) is 2.61. The maximum atomic E-state index is 5.61. The first kappa shape index (κ1) is 11.3. The van der Waals surface area contributed by atoms with E-state index in [1.807, 2.05) is 0 Å². The lowest BCUT2D eigenvalue weighted by molar-refractivity contribution is 0.155. The van der Waals surface area contributed by atoms with Crippen molar-refractivity contribution in [3.05, 3.63) is 18.1 Å². The number of hydrogen-bond donors (Lipinski definition) is 1. The van der Waals surface area contributed by atoms with Gasteiger partial charge in [-0.25, -0.2) is 9.97 Å². The SMILES string of the molecule is CN1CCN(CCc2nccc(N)n2)CC1. The molecule has 0 radical (unpaired) electrons. The van der Waals surface area contributed by atoms with Crippen LogP contribution in [0.3, 0.4) is 0 Å². The molecule has 1 aromatic rings. The van der Waals surface area contributed by atoms with Crippen molar-refractivity contribution in [1.29, 1.82) is 0 Å². The molecule has 2 N–H and O–H groups in total. The highest BCUT2D eigenvalue weighted by atomic mass is 15.2. The molecule has 16 heavy (non-hydrogen) atoms. The van der Waals surface area contributed by atoms with Crippen LogP contribution in [0.25, 0.3) is 0 Å². The van der Waals surface area contributed by atoms with Crippen molar-refractivity contribution in [1.82, 2.24) is 19.8 Å². The standard InChI is InChI=1S/C11H19N5/c1-15-6-8-16(9-7-15)5-3-11-13-4-2-10(12)14-11/h2,4H,3,5-9H2,1H3,(H2,12,13,14). The molecular formula is C11H19N5. The normalized spacial score (nSPS) is 18.8. The van der Waals surface area contributed by atoms with Gasteiger partial charge in [0.25, 0.3) is 0 Å². The second-order valence-electron chi connectivity index (χ2n) is 4.29. The van der Waals surface area contributed by atoms with Crippen molar-refractivity contribution in [2.24, 2.45) is 0 Å². The molecule has 0 unspecified atom stereocenters. The Morgan fingerprint density at radius 2 is 2.06 bits per heavy atom. The fourth-order valence-electron chi connectivity index (χ4n) is 1.86. The molecule has 0 amide bonds. The molecule has 2 rings (SSSR count). The third-order valence-electron chi connectivity index (χ3n) is 2.97. The number of rotatable bonds is 3. The highest BCUT2D eigenvalue weighted by molar-refractivity contribution is 5.25. The second kappa shape index (κ2) is 5.23. The Bertz CT molecular complexity index is 333. The van der Waals surface area contributed by atoms with Crippen LogP contribution < -0.4 is 5.73 Å². The van der Waals surface area contributed by atoms with E-state index >= 15 is 0 Å². The first-order valence-corrected chi connectivity index (χ1v) is 5.72. The molecule has 1 aliphatic rings. The summed E-state index contributed by atoms with van der Waals surface area (Å²) in [5.74, 6) is 1.40. The van der Waals surface area contributed by atoms with Crippen LogP contribution in [0.15, 0.2) is 12.3 Å². The minimum atomic E-state index is 0.559. The van der Waals surface area contributed by atoms with Gasteiger partial charge < -0.3 is 15.5 Å². The average molecular weight is 221 g/mol. The van der Waals surface area contributed by atoms with Crippen LogP contribution in [0, 0.1) is 0 Å². The van der Waals surface area contributed by atoms with Gasteiger partial charge in [0.1, 0.15) is 11.6 Å². The van der Waals surface area contributed by atoms with Crippen LogP contribution in [-0.4, -0.2) is 59.5 Å². The highest BCUT2D eigenvalue weighted by Gasteiger charge is 2.13. The van der Waals surface area contributed by atoms with E-state index in [0.29, 0.717) is 5.82 Å². The Morgan fingerprint density at radius 1 is 1.31 bits per heavy atom. The van der Waals surface area contributed by atoms with Crippen LogP contribution in [-0.2, 0) is 6.42 Å². The zero-order valence-corrected chi connectivity index (χ0v) is 9.76. The van der Waals surface area contributed by atoms with Gasteiger partial charge in [0.15, 0.2) is 0 Å². The molecule has 0 aromatic carbocycles. The molecule has 2 heterocycles. The van der Waals surface area contributed by atoms with E-state index in [1.54, 1.807) is 12.3 Å². The Hall–Kier alpha value is -1.20. The molecule has 1 fully saturated rings. The van der Waals surface area contributed by atoms with Gasteiger partial charge in [-0.3, -0.25) is 0 Å². The summed E-state index contributed by atoms with van der Waals surface area (Å²) in [7, 11) is 2.17. The van der Waals surface area contributed by atoms with Crippen molar-refractivity contribution in [3.8, 4) is 0 Å². The Morgan fingerprint density at radius 3 is 2.75 bits per heavy atom. The summed E-state index contributed by atoms with van der Waals surface area (Å²) >= 11 is 0. The van der Waals surface area contributed by atoms with E-state index in [-0.39, 0.29) is 0 Å². The van der Waals surface area contributed by atoms with E-state index in [4.69, 9.17) is 5.73 Å². The van der Waals surface area contributed by atoms with Gasteiger partial charge in [-0.1, -0.05) is 0 Å². The van der Waals surface area contributed by atoms with E-state index in [2.05, 4.69) is 26.8 Å². The molecular weight excluding hydrogens is 202 g/mol. The predicted molar refractivity (Wildman–Crippen MR) is 64.1 cm³/mol. The van der Waals surface area contributed by atoms with E-state index in [0.717, 1.165) is 45.0 Å². The Labute approximate surface area is 96.3 Å². The van der Waals surface area contributed by atoms with Crippen LogP contribution in [0.4, 0.5) is 5.82 Å². The molecule has 0 saturated carbocycles. The lowest BCUT2D eigenvalue weighted by Gasteiger charge is -2.32. The summed E-state index contributed by atoms with van der Waals surface area (Å²) in [6, 6.07) is 1.72. The molecule has 1 aliphatic heterocycles. The number of nitrogens with zero attached hydrogens (tertiary/aromatic N) is 4. The quantitative estimate of drug-likeness (QED) is 0.769. The number of anilines is 1. The van der Waals surface area contributed by atoms with Gasteiger partial charge in [-0.15, -0.1) is 0 Å². The van der Waals surface area contributed by atoms with Gasteiger partial charge in [-0.05, 0) is 13.1 Å². The first-order chi connectivity index (χ1) is 7.74. The minimum Gasteiger partial charge on any atom is -0.384 e. The Balaban J connectivity index is 1.79. The summed E-state index contributed by atoms with van der Waals surface area (Å²) in [6.45, 7) is 5.60. The summed E-state index contributed by atoms with van der Waals surface area (Å²) < 4.78 is 0. The number of nitrogen functional groups attached to an aromatic ring is 1. The lowest BCUT2D eigenvalue weighted by atomic mass is 10.3. The maximum absolute atomic E-state index is 5.61. The van der Waals surface area contributed by atoms with Gasteiger partial charge in [-0.2, -0.15) is 0 Å². The monoisotopic (exact) mass is 221 g/mol. The van der Waals surface area contributed by atoms with Crippen LogP contribution in [0.2, 0.25) is 0 Å². The molecule has 0 aliphatic carbocycles. The summed E-state index contributed by atoms with van der Waals surface area (Å²) in [5.41, 5.74) is 5.61. The summed E-state index contributed by atoms with van der Waals surface area (Å²) in [4.78, 5) is 13.2. The number of aromatic nitrogens is 2. The zero-order chi connectivity index (χ0) is 11.4. The zero-order valence-electron chi connectivity index (χ0n) is 9.76.